The molecule has 2 heterocycles. The SMILES string of the molecule is COc1ccccc1-c1nnc(CCNS(=O)(=O)c2c(C)n[nH]c2C)o1. The van der Waals surface area contributed by atoms with Gasteiger partial charge in [-0.25, -0.2) is 13.1 Å². The highest BCUT2D eigenvalue weighted by atomic mass is 32.2. The second-order valence-electron chi connectivity index (χ2n) is 5.61. The van der Waals surface area contributed by atoms with Gasteiger partial charge in [-0.3, -0.25) is 5.10 Å². The van der Waals surface area contributed by atoms with E-state index < -0.39 is 10.0 Å². The van der Waals surface area contributed by atoms with Crippen LogP contribution in [0.15, 0.2) is 33.6 Å². The lowest BCUT2D eigenvalue weighted by atomic mass is 10.2. The van der Waals surface area contributed by atoms with E-state index >= 15 is 0 Å². The number of aromatic amines is 1. The molecule has 2 aromatic heterocycles. The second-order valence-corrected chi connectivity index (χ2v) is 7.32. The van der Waals surface area contributed by atoms with Crippen molar-refractivity contribution in [2.75, 3.05) is 13.7 Å². The summed E-state index contributed by atoms with van der Waals surface area (Å²) in [5.74, 6) is 1.27. The number of sulfonamides is 1. The van der Waals surface area contributed by atoms with Crippen LogP contribution in [0, 0.1) is 13.8 Å². The van der Waals surface area contributed by atoms with Crippen LogP contribution in [0.5, 0.6) is 5.75 Å². The molecule has 3 rings (SSSR count). The number of aryl methyl sites for hydroxylation is 2. The van der Waals surface area contributed by atoms with Crippen LogP contribution in [0.4, 0.5) is 0 Å². The van der Waals surface area contributed by atoms with E-state index in [1.807, 2.05) is 18.2 Å². The topological polar surface area (TPSA) is 123 Å². The van der Waals surface area contributed by atoms with Gasteiger partial charge in [-0.15, -0.1) is 10.2 Å². The van der Waals surface area contributed by atoms with Gasteiger partial charge in [0.1, 0.15) is 10.6 Å². The minimum atomic E-state index is -3.66. The molecule has 0 fully saturated rings. The van der Waals surface area contributed by atoms with Crippen molar-refractivity contribution in [1.82, 2.24) is 25.1 Å². The summed E-state index contributed by atoms with van der Waals surface area (Å²) in [5, 5.41) is 14.5. The summed E-state index contributed by atoms with van der Waals surface area (Å²) >= 11 is 0. The van der Waals surface area contributed by atoms with E-state index in [0.717, 1.165) is 0 Å². The van der Waals surface area contributed by atoms with E-state index in [1.165, 1.54) is 0 Å². The monoisotopic (exact) mass is 377 g/mol. The number of hydrogen-bond acceptors (Lipinski definition) is 7. The number of H-pyrrole nitrogens is 1. The lowest BCUT2D eigenvalue weighted by molar-refractivity contribution is 0.413. The van der Waals surface area contributed by atoms with Crippen molar-refractivity contribution in [3.8, 4) is 17.2 Å². The van der Waals surface area contributed by atoms with Gasteiger partial charge in [0.2, 0.25) is 15.9 Å². The van der Waals surface area contributed by atoms with Crippen LogP contribution in [0.3, 0.4) is 0 Å². The Kier molecular flexibility index (Phi) is 5.05. The van der Waals surface area contributed by atoms with Crippen LogP contribution in [0.25, 0.3) is 11.5 Å². The smallest absolute Gasteiger partial charge is 0.251 e. The number of ether oxygens (including phenoxy) is 1. The van der Waals surface area contributed by atoms with Gasteiger partial charge in [0.05, 0.1) is 24.1 Å². The fourth-order valence-corrected chi connectivity index (χ4v) is 3.98. The van der Waals surface area contributed by atoms with E-state index in [-0.39, 0.29) is 17.9 Å². The molecule has 0 bridgehead atoms. The number of nitrogens with one attached hydrogen (secondary N) is 2. The average Bonchev–Trinajstić information content (AvgIpc) is 3.21. The van der Waals surface area contributed by atoms with Crippen molar-refractivity contribution in [2.24, 2.45) is 0 Å². The van der Waals surface area contributed by atoms with Crippen molar-refractivity contribution in [1.29, 1.82) is 0 Å². The number of aromatic nitrogens is 4. The van der Waals surface area contributed by atoms with Crippen LogP contribution in [-0.4, -0.2) is 42.5 Å². The molecule has 2 N–H and O–H groups in total. The molecule has 0 saturated heterocycles. The molecule has 0 aliphatic carbocycles. The molecule has 9 nitrogen and oxygen atoms in total. The number of benzene rings is 1. The zero-order chi connectivity index (χ0) is 18.7. The number of hydrogen-bond donors (Lipinski definition) is 2. The van der Waals surface area contributed by atoms with E-state index in [1.54, 1.807) is 27.0 Å². The number of para-hydroxylation sites is 1. The number of nitrogens with zero attached hydrogens (tertiary/aromatic N) is 3. The minimum absolute atomic E-state index is 0.125. The first-order chi connectivity index (χ1) is 12.4. The van der Waals surface area contributed by atoms with Gasteiger partial charge >= 0.3 is 0 Å². The highest BCUT2D eigenvalue weighted by molar-refractivity contribution is 7.89. The van der Waals surface area contributed by atoms with Gasteiger partial charge in [0, 0.05) is 13.0 Å². The standard InChI is InChI=1S/C16H19N5O4S/c1-10-15(11(2)19-18-10)26(22,23)17-9-8-14-20-21-16(25-14)12-6-4-5-7-13(12)24-3/h4-7,17H,8-9H2,1-3H3,(H,18,19). The molecule has 10 heteroatoms. The van der Waals surface area contributed by atoms with Gasteiger partial charge in [-0.1, -0.05) is 12.1 Å². The lowest BCUT2D eigenvalue weighted by Crippen LogP contribution is -2.27. The molecular formula is C16H19N5O4S. The van der Waals surface area contributed by atoms with E-state index in [4.69, 9.17) is 9.15 Å². The predicted octanol–water partition coefficient (Wildman–Crippen LogP) is 1.61. The van der Waals surface area contributed by atoms with Crippen LogP contribution in [0.2, 0.25) is 0 Å². The Balaban J connectivity index is 1.67. The summed E-state index contributed by atoms with van der Waals surface area (Å²) < 4.78 is 38.2. The zero-order valence-corrected chi connectivity index (χ0v) is 15.4. The Labute approximate surface area is 150 Å². The Morgan fingerprint density at radius 3 is 2.69 bits per heavy atom. The van der Waals surface area contributed by atoms with Gasteiger partial charge in [-0.05, 0) is 26.0 Å². The predicted molar refractivity (Wildman–Crippen MR) is 93.2 cm³/mol. The minimum Gasteiger partial charge on any atom is -0.496 e. The summed E-state index contributed by atoms with van der Waals surface area (Å²) in [5.41, 5.74) is 1.59. The first kappa shape index (κ1) is 18.1. The lowest BCUT2D eigenvalue weighted by Gasteiger charge is -2.05. The van der Waals surface area contributed by atoms with Crippen molar-refractivity contribution in [3.63, 3.8) is 0 Å². The Morgan fingerprint density at radius 1 is 1.23 bits per heavy atom. The molecule has 26 heavy (non-hydrogen) atoms. The van der Waals surface area contributed by atoms with Crippen LogP contribution in [0.1, 0.15) is 17.3 Å². The molecule has 0 spiro atoms. The molecule has 138 valence electrons. The summed E-state index contributed by atoms with van der Waals surface area (Å²) in [6.07, 6.45) is 0.261. The maximum atomic E-state index is 12.4. The fourth-order valence-electron chi connectivity index (χ4n) is 2.59. The largest absolute Gasteiger partial charge is 0.496 e. The van der Waals surface area contributed by atoms with Gasteiger partial charge < -0.3 is 9.15 Å². The second kappa shape index (κ2) is 7.26. The summed E-state index contributed by atoms with van der Waals surface area (Å²) in [6, 6.07) is 7.28. The maximum Gasteiger partial charge on any atom is 0.251 e. The van der Waals surface area contributed by atoms with Crippen molar-refractivity contribution in [2.45, 2.75) is 25.2 Å². The maximum absolute atomic E-state index is 12.4. The molecule has 0 amide bonds. The van der Waals surface area contributed by atoms with Crippen LogP contribution >= 0.6 is 0 Å². The van der Waals surface area contributed by atoms with E-state index in [9.17, 15) is 8.42 Å². The van der Waals surface area contributed by atoms with Crippen LogP contribution in [-0.2, 0) is 16.4 Å². The van der Waals surface area contributed by atoms with Gasteiger partial charge in [0.15, 0.2) is 0 Å². The molecule has 3 aromatic rings. The number of methoxy groups -OCH3 is 1. The molecule has 0 atom stereocenters. The molecule has 1 aromatic carbocycles. The molecule has 0 saturated carbocycles. The third-order valence-corrected chi connectivity index (χ3v) is 5.49. The van der Waals surface area contributed by atoms with Crippen molar-refractivity contribution >= 4 is 10.0 Å². The molecule has 0 aliphatic rings. The van der Waals surface area contributed by atoms with Gasteiger partial charge in [-0.2, -0.15) is 5.10 Å². The molecule has 0 aliphatic heterocycles. The summed E-state index contributed by atoms with van der Waals surface area (Å²) in [7, 11) is -2.10. The molecule has 0 radical (unpaired) electrons. The first-order valence-corrected chi connectivity index (χ1v) is 9.37. The fraction of sp³-hybridized carbons (Fsp3) is 0.312. The summed E-state index contributed by atoms with van der Waals surface area (Å²) in [6.45, 7) is 3.42. The Hall–Kier alpha value is -2.72. The van der Waals surface area contributed by atoms with E-state index in [2.05, 4.69) is 25.1 Å². The third-order valence-electron chi connectivity index (χ3n) is 3.76. The Morgan fingerprint density at radius 2 is 2.00 bits per heavy atom. The van der Waals surface area contributed by atoms with Gasteiger partial charge in [0.25, 0.3) is 5.89 Å². The third kappa shape index (κ3) is 3.60. The van der Waals surface area contributed by atoms with E-state index in [0.29, 0.717) is 34.5 Å². The number of rotatable bonds is 7. The van der Waals surface area contributed by atoms with Crippen molar-refractivity contribution in [3.05, 3.63) is 41.5 Å². The van der Waals surface area contributed by atoms with Crippen molar-refractivity contribution < 1.29 is 17.6 Å². The highest BCUT2D eigenvalue weighted by Gasteiger charge is 2.22. The normalized spacial score (nSPS) is 11.7. The van der Waals surface area contributed by atoms with Crippen LogP contribution < -0.4 is 9.46 Å². The zero-order valence-electron chi connectivity index (χ0n) is 14.6. The average molecular weight is 377 g/mol. The highest BCUT2D eigenvalue weighted by Crippen LogP contribution is 2.28. The Bertz CT molecular complexity index is 990. The summed E-state index contributed by atoms with van der Waals surface area (Å²) in [4.78, 5) is 0.165. The first-order valence-electron chi connectivity index (χ1n) is 7.89. The molecular weight excluding hydrogens is 358 g/mol. The quantitative estimate of drug-likeness (QED) is 0.641. The molecule has 0 unspecified atom stereocenters.